The van der Waals surface area contributed by atoms with Crippen molar-refractivity contribution >= 4 is 11.0 Å². The number of nitrogens with zero attached hydrogens (tertiary/aromatic N) is 2. The zero-order valence-corrected chi connectivity index (χ0v) is 9.90. The van der Waals surface area contributed by atoms with Crippen molar-refractivity contribution in [3.8, 4) is 0 Å². The third-order valence-electron chi connectivity index (χ3n) is 2.89. The van der Waals surface area contributed by atoms with E-state index < -0.39 is 0 Å². The van der Waals surface area contributed by atoms with Gasteiger partial charge in [0.1, 0.15) is 0 Å². The van der Waals surface area contributed by atoms with Crippen molar-refractivity contribution in [1.29, 1.82) is 0 Å². The summed E-state index contributed by atoms with van der Waals surface area (Å²) in [6.07, 6.45) is 0.832. The van der Waals surface area contributed by atoms with Gasteiger partial charge in [-0.2, -0.15) is 0 Å². The van der Waals surface area contributed by atoms with Gasteiger partial charge < -0.3 is 5.73 Å². The maximum absolute atomic E-state index is 11.7. The molecule has 0 saturated carbocycles. The molecule has 0 fully saturated rings. The molecule has 0 aliphatic rings. The Labute approximate surface area is 94.3 Å². The molecule has 0 bridgehead atoms. The number of rotatable bonds is 2. The van der Waals surface area contributed by atoms with Crippen molar-refractivity contribution in [2.75, 3.05) is 0 Å². The summed E-state index contributed by atoms with van der Waals surface area (Å²) in [5, 5.41) is 0. The van der Waals surface area contributed by atoms with Gasteiger partial charge in [0.05, 0.1) is 11.0 Å². The minimum atomic E-state index is 0.00736. The predicted octanol–water partition coefficient (Wildman–Crippen LogP) is 0.767. The van der Waals surface area contributed by atoms with E-state index in [-0.39, 0.29) is 11.7 Å². The topological polar surface area (TPSA) is 52.9 Å². The van der Waals surface area contributed by atoms with Crippen molar-refractivity contribution in [3.63, 3.8) is 0 Å². The average Bonchev–Trinajstić information content (AvgIpc) is 2.43. The number of imidazole rings is 1. The van der Waals surface area contributed by atoms with Crippen molar-refractivity contribution in [2.45, 2.75) is 19.4 Å². The lowest BCUT2D eigenvalue weighted by molar-refractivity contribution is 0.738. The second kappa shape index (κ2) is 3.79. The van der Waals surface area contributed by atoms with E-state index in [1.165, 1.54) is 5.56 Å². The highest BCUT2D eigenvalue weighted by Gasteiger charge is 2.08. The number of hydrogen-bond acceptors (Lipinski definition) is 2. The molecular weight excluding hydrogens is 202 g/mol. The number of benzene rings is 1. The van der Waals surface area contributed by atoms with Gasteiger partial charge in [0, 0.05) is 20.1 Å². The number of nitrogens with two attached hydrogens (primary N) is 1. The van der Waals surface area contributed by atoms with Crippen LogP contribution in [0.2, 0.25) is 0 Å². The van der Waals surface area contributed by atoms with E-state index in [2.05, 4.69) is 0 Å². The minimum absolute atomic E-state index is 0.00736. The molecule has 86 valence electrons. The van der Waals surface area contributed by atoms with Gasteiger partial charge >= 0.3 is 5.69 Å². The summed E-state index contributed by atoms with van der Waals surface area (Å²) in [6, 6.07) is 6.19. The van der Waals surface area contributed by atoms with Gasteiger partial charge in [-0.1, -0.05) is 6.07 Å². The largest absolute Gasteiger partial charge is 0.328 e. The van der Waals surface area contributed by atoms with Gasteiger partial charge in [-0.05, 0) is 31.0 Å². The Balaban J connectivity index is 2.62. The molecule has 0 amide bonds. The zero-order valence-electron chi connectivity index (χ0n) is 9.90. The average molecular weight is 219 g/mol. The standard InChI is InChI=1S/C12H17N3O/c1-8(13)6-9-4-5-10-11(7-9)15(3)12(16)14(10)2/h4-5,7-8H,6,13H2,1-3H3. The molecule has 0 saturated heterocycles. The predicted molar refractivity (Wildman–Crippen MR) is 65.5 cm³/mol. The van der Waals surface area contributed by atoms with Crippen LogP contribution in [0.3, 0.4) is 0 Å². The Morgan fingerprint density at radius 3 is 2.50 bits per heavy atom. The first-order valence-electron chi connectivity index (χ1n) is 5.40. The lowest BCUT2D eigenvalue weighted by atomic mass is 10.1. The fourth-order valence-electron chi connectivity index (χ4n) is 2.05. The quantitative estimate of drug-likeness (QED) is 0.811. The van der Waals surface area contributed by atoms with E-state index in [1.54, 1.807) is 23.2 Å². The van der Waals surface area contributed by atoms with Gasteiger partial charge in [0.2, 0.25) is 0 Å². The van der Waals surface area contributed by atoms with E-state index in [4.69, 9.17) is 5.73 Å². The second-order valence-electron chi connectivity index (χ2n) is 4.41. The fourth-order valence-corrected chi connectivity index (χ4v) is 2.05. The molecule has 1 aromatic heterocycles. The number of aromatic nitrogens is 2. The van der Waals surface area contributed by atoms with Gasteiger partial charge in [-0.25, -0.2) is 4.79 Å². The molecule has 4 heteroatoms. The summed E-state index contributed by atoms with van der Waals surface area (Å²) in [5.74, 6) is 0. The lowest BCUT2D eigenvalue weighted by Crippen LogP contribution is -2.19. The molecule has 0 aliphatic heterocycles. The van der Waals surface area contributed by atoms with Crippen LogP contribution >= 0.6 is 0 Å². The van der Waals surface area contributed by atoms with Crippen LogP contribution < -0.4 is 11.4 Å². The number of aryl methyl sites for hydroxylation is 2. The summed E-state index contributed by atoms with van der Waals surface area (Å²) in [4.78, 5) is 11.7. The summed E-state index contributed by atoms with van der Waals surface area (Å²) in [6.45, 7) is 1.98. The first kappa shape index (κ1) is 11.0. The highest BCUT2D eigenvalue weighted by Crippen LogP contribution is 2.14. The van der Waals surface area contributed by atoms with Crippen LogP contribution in [0.5, 0.6) is 0 Å². The van der Waals surface area contributed by atoms with Crippen LogP contribution in [0.25, 0.3) is 11.0 Å². The highest BCUT2D eigenvalue weighted by molar-refractivity contribution is 5.76. The third kappa shape index (κ3) is 1.65. The molecule has 2 rings (SSSR count). The molecule has 1 aromatic carbocycles. The van der Waals surface area contributed by atoms with Crippen molar-refractivity contribution < 1.29 is 0 Å². The monoisotopic (exact) mass is 219 g/mol. The van der Waals surface area contributed by atoms with Gasteiger partial charge in [0.15, 0.2) is 0 Å². The van der Waals surface area contributed by atoms with Gasteiger partial charge in [0.25, 0.3) is 0 Å². The van der Waals surface area contributed by atoms with Crippen molar-refractivity contribution in [3.05, 3.63) is 34.2 Å². The van der Waals surface area contributed by atoms with Crippen LogP contribution in [0.15, 0.2) is 23.0 Å². The molecular formula is C12H17N3O. The Bertz CT molecular complexity index is 578. The Kier molecular flexibility index (Phi) is 2.59. The Hall–Kier alpha value is -1.55. The van der Waals surface area contributed by atoms with Crippen LogP contribution in [-0.2, 0) is 20.5 Å². The van der Waals surface area contributed by atoms with E-state index >= 15 is 0 Å². The second-order valence-corrected chi connectivity index (χ2v) is 4.41. The number of hydrogen-bond donors (Lipinski definition) is 1. The molecule has 0 aliphatic carbocycles. The van der Waals surface area contributed by atoms with Crippen LogP contribution in [0.1, 0.15) is 12.5 Å². The van der Waals surface area contributed by atoms with Crippen molar-refractivity contribution in [1.82, 2.24) is 9.13 Å². The van der Waals surface area contributed by atoms with Crippen LogP contribution in [-0.4, -0.2) is 15.2 Å². The summed E-state index contributed by atoms with van der Waals surface area (Å²) < 4.78 is 3.32. The normalized spacial score (nSPS) is 13.2. The molecule has 1 atom stereocenters. The van der Waals surface area contributed by atoms with E-state index in [0.717, 1.165) is 17.5 Å². The Morgan fingerprint density at radius 2 is 1.88 bits per heavy atom. The SMILES string of the molecule is CC(N)Cc1ccc2c(c1)n(C)c(=O)n2C. The molecule has 16 heavy (non-hydrogen) atoms. The van der Waals surface area contributed by atoms with E-state index in [0.29, 0.717) is 0 Å². The maximum atomic E-state index is 11.7. The minimum Gasteiger partial charge on any atom is -0.328 e. The van der Waals surface area contributed by atoms with Crippen molar-refractivity contribution in [2.24, 2.45) is 19.8 Å². The number of fused-ring (bicyclic) bond motifs is 1. The molecule has 2 N–H and O–H groups in total. The summed E-state index contributed by atoms with van der Waals surface area (Å²) >= 11 is 0. The molecule has 0 radical (unpaired) electrons. The highest BCUT2D eigenvalue weighted by atomic mass is 16.1. The Morgan fingerprint density at radius 1 is 1.25 bits per heavy atom. The molecule has 0 spiro atoms. The smallest absolute Gasteiger partial charge is 0.328 e. The molecule has 1 heterocycles. The summed E-state index contributed by atoms with van der Waals surface area (Å²) in [5.41, 5.74) is 8.87. The molecule has 1 unspecified atom stereocenters. The maximum Gasteiger partial charge on any atom is 0.328 e. The van der Waals surface area contributed by atoms with Gasteiger partial charge in [-0.3, -0.25) is 9.13 Å². The van der Waals surface area contributed by atoms with Crippen LogP contribution in [0.4, 0.5) is 0 Å². The molecule has 2 aromatic rings. The first-order chi connectivity index (χ1) is 7.50. The van der Waals surface area contributed by atoms with Crippen LogP contribution in [0, 0.1) is 0 Å². The first-order valence-corrected chi connectivity index (χ1v) is 5.40. The fraction of sp³-hybridized carbons (Fsp3) is 0.417. The summed E-state index contributed by atoms with van der Waals surface area (Å²) in [7, 11) is 3.58. The third-order valence-corrected chi connectivity index (χ3v) is 2.89. The zero-order chi connectivity index (χ0) is 11.9. The molecule has 4 nitrogen and oxygen atoms in total. The lowest BCUT2D eigenvalue weighted by Gasteiger charge is -2.05. The van der Waals surface area contributed by atoms with E-state index in [9.17, 15) is 4.79 Å². The van der Waals surface area contributed by atoms with E-state index in [1.807, 2.05) is 25.1 Å². The van der Waals surface area contributed by atoms with Gasteiger partial charge in [-0.15, -0.1) is 0 Å².